The van der Waals surface area contributed by atoms with Crippen LogP contribution in [0.2, 0.25) is 0 Å². The Kier molecular flexibility index (Phi) is 5.54. The van der Waals surface area contributed by atoms with Crippen LogP contribution >= 0.6 is 11.3 Å². The van der Waals surface area contributed by atoms with E-state index in [4.69, 9.17) is 4.98 Å². The molecule has 0 aliphatic heterocycles. The second kappa shape index (κ2) is 8.42. The van der Waals surface area contributed by atoms with Crippen LogP contribution in [0.15, 0.2) is 72.8 Å². The van der Waals surface area contributed by atoms with Crippen molar-refractivity contribution in [2.24, 2.45) is 0 Å². The maximum atomic E-state index is 13.4. The van der Waals surface area contributed by atoms with Crippen LogP contribution in [0.3, 0.4) is 0 Å². The fourth-order valence-electron chi connectivity index (χ4n) is 3.17. The summed E-state index contributed by atoms with van der Waals surface area (Å²) < 4.78 is 1.03. The van der Waals surface area contributed by atoms with Gasteiger partial charge in [-0.1, -0.05) is 54.7 Å². The molecule has 1 aromatic heterocycles. The van der Waals surface area contributed by atoms with Gasteiger partial charge >= 0.3 is 0 Å². The number of benzene rings is 3. The number of hydrogen-bond acceptors (Lipinski definition) is 5. The zero-order valence-corrected chi connectivity index (χ0v) is 17.1. The lowest BCUT2D eigenvalue weighted by atomic mass is 10.1. The van der Waals surface area contributed by atoms with Gasteiger partial charge in [0, 0.05) is 17.7 Å². The summed E-state index contributed by atoms with van der Waals surface area (Å²) in [4.78, 5) is 30.1. The Morgan fingerprint density at radius 2 is 1.77 bits per heavy atom. The average molecular weight is 417 g/mol. The second-order valence-corrected chi connectivity index (χ2v) is 7.84. The molecule has 3 aromatic carbocycles. The predicted octanol–water partition coefficient (Wildman–Crippen LogP) is 5.61. The molecule has 0 unspecified atom stereocenters. The van der Waals surface area contributed by atoms with Crippen molar-refractivity contribution < 1.29 is 9.72 Å². The molecule has 0 aliphatic rings. The fourth-order valence-corrected chi connectivity index (χ4v) is 4.19. The molecule has 1 amide bonds. The predicted molar refractivity (Wildman–Crippen MR) is 119 cm³/mol. The van der Waals surface area contributed by atoms with Crippen molar-refractivity contribution in [2.45, 2.75) is 19.9 Å². The third-order valence-corrected chi connectivity index (χ3v) is 5.88. The van der Waals surface area contributed by atoms with E-state index in [0.717, 1.165) is 22.2 Å². The first kappa shape index (κ1) is 19.7. The van der Waals surface area contributed by atoms with Crippen LogP contribution in [-0.2, 0) is 13.0 Å². The summed E-state index contributed by atoms with van der Waals surface area (Å²) in [6.45, 7) is 2.46. The van der Waals surface area contributed by atoms with Gasteiger partial charge in [0.15, 0.2) is 5.13 Å². The molecule has 0 fully saturated rings. The SMILES string of the molecule is CCc1ccc2nc(N(Cc3ccccc3)C(=O)c3ccc([N+](=O)[O-])cc3)sc2c1. The standard InChI is InChI=1S/C23H19N3O3S/c1-2-16-8-13-20-21(14-16)30-23(24-20)25(15-17-6-4-3-5-7-17)22(27)18-9-11-19(12-10-18)26(28)29/h3-14H,2,15H2,1H3. The highest BCUT2D eigenvalue weighted by molar-refractivity contribution is 7.22. The summed E-state index contributed by atoms with van der Waals surface area (Å²) in [7, 11) is 0. The topological polar surface area (TPSA) is 76.3 Å². The second-order valence-electron chi connectivity index (χ2n) is 6.83. The van der Waals surface area contributed by atoms with Crippen molar-refractivity contribution in [2.75, 3.05) is 4.90 Å². The smallest absolute Gasteiger partial charge is 0.269 e. The number of carbonyl (C=O) groups is 1. The molecule has 0 saturated heterocycles. The molecule has 1 heterocycles. The van der Waals surface area contributed by atoms with E-state index in [0.29, 0.717) is 17.2 Å². The normalized spacial score (nSPS) is 10.8. The van der Waals surface area contributed by atoms with E-state index in [2.05, 4.69) is 13.0 Å². The summed E-state index contributed by atoms with van der Waals surface area (Å²) in [5.74, 6) is -0.247. The highest BCUT2D eigenvalue weighted by atomic mass is 32.1. The quantitative estimate of drug-likeness (QED) is 0.302. The van der Waals surface area contributed by atoms with Crippen molar-refractivity contribution >= 4 is 38.3 Å². The van der Waals surface area contributed by atoms with Gasteiger partial charge in [-0.25, -0.2) is 4.98 Å². The molecule has 0 bridgehead atoms. The average Bonchev–Trinajstić information content (AvgIpc) is 3.20. The largest absolute Gasteiger partial charge is 0.279 e. The van der Waals surface area contributed by atoms with E-state index in [9.17, 15) is 14.9 Å². The molecule has 30 heavy (non-hydrogen) atoms. The van der Waals surface area contributed by atoms with Gasteiger partial charge in [0.2, 0.25) is 0 Å². The van der Waals surface area contributed by atoms with E-state index in [1.165, 1.54) is 41.2 Å². The number of nitrogens with zero attached hydrogens (tertiary/aromatic N) is 3. The number of anilines is 1. The maximum Gasteiger partial charge on any atom is 0.269 e. The van der Waals surface area contributed by atoms with Crippen molar-refractivity contribution in [3.63, 3.8) is 0 Å². The van der Waals surface area contributed by atoms with Gasteiger partial charge in [-0.3, -0.25) is 19.8 Å². The Balaban J connectivity index is 1.74. The van der Waals surface area contributed by atoms with E-state index < -0.39 is 4.92 Å². The third-order valence-electron chi connectivity index (χ3n) is 4.83. The maximum absolute atomic E-state index is 13.4. The minimum Gasteiger partial charge on any atom is -0.279 e. The van der Waals surface area contributed by atoms with Crippen molar-refractivity contribution in [1.82, 2.24) is 4.98 Å². The van der Waals surface area contributed by atoms with Crippen LogP contribution in [0, 0.1) is 10.1 Å². The van der Waals surface area contributed by atoms with Crippen LogP contribution in [0.5, 0.6) is 0 Å². The first-order valence-electron chi connectivity index (χ1n) is 9.55. The number of aryl methyl sites for hydroxylation is 1. The molecule has 0 saturated carbocycles. The molecule has 6 nitrogen and oxygen atoms in total. The highest BCUT2D eigenvalue weighted by Gasteiger charge is 2.22. The van der Waals surface area contributed by atoms with E-state index in [-0.39, 0.29) is 11.6 Å². The van der Waals surface area contributed by atoms with Gasteiger partial charge < -0.3 is 0 Å². The van der Waals surface area contributed by atoms with Crippen LogP contribution in [0.25, 0.3) is 10.2 Å². The first-order chi connectivity index (χ1) is 14.5. The molecule has 4 aromatic rings. The number of nitro benzene ring substituents is 1. The molecule has 4 rings (SSSR count). The van der Waals surface area contributed by atoms with E-state index in [1.807, 2.05) is 42.5 Å². The van der Waals surface area contributed by atoms with Crippen LogP contribution in [0.4, 0.5) is 10.8 Å². The number of carbonyl (C=O) groups excluding carboxylic acids is 1. The number of thiazole rings is 1. The molecular formula is C23H19N3O3S. The molecule has 0 aliphatic carbocycles. The van der Waals surface area contributed by atoms with Crippen molar-refractivity contribution in [1.29, 1.82) is 0 Å². The highest BCUT2D eigenvalue weighted by Crippen LogP contribution is 2.32. The van der Waals surface area contributed by atoms with E-state index >= 15 is 0 Å². The minimum absolute atomic E-state index is 0.0479. The summed E-state index contributed by atoms with van der Waals surface area (Å²) >= 11 is 1.47. The van der Waals surface area contributed by atoms with Crippen molar-refractivity contribution in [3.05, 3.63) is 99.6 Å². The van der Waals surface area contributed by atoms with Crippen LogP contribution in [0.1, 0.15) is 28.4 Å². The summed E-state index contributed by atoms with van der Waals surface area (Å²) in [6, 6.07) is 21.5. The molecule has 150 valence electrons. The lowest BCUT2D eigenvalue weighted by Crippen LogP contribution is -2.30. The Labute approximate surface area is 177 Å². The minimum atomic E-state index is -0.477. The lowest BCUT2D eigenvalue weighted by molar-refractivity contribution is -0.384. The number of non-ortho nitro benzene ring substituents is 1. The van der Waals surface area contributed by atoms with Gasteiger partial charge in [-0.05, 0) is 41.8 Å². The van der Waals surface area contributed by atoms with Gasteiger partial charge in [0.05, 0.1) is 21.7 Å². The van der Waals surface area contributed by atoms with Gasteiger partial charge in [-0.15, -0.1) is 0 Å². The summed E-state index contributed by atoms with van der Waals surface area (Å²) in [6.07, 6.45) is 0.929. The number of fused-ring (bicyclic) bond motifs is 1. The Bertz CT molecular complexity index is 1200. The van der Waals surface area contributed by atoms with E-state index in [1.54, 1.807) is 4.90 Å². The number of hydrogen-bond donors (Lipinski definition) is 0. The van der Waals surface area contributed by atoms with Crippen LogP contribution in [-0.4, -0.2) is 15.8 Å². The number of rotatable bonds is 6. The molecule has 0 spiro atoms. The summed E-state index contributed by atoms with van der Waals surface area (Å²) in [5, 5.41) is 11.5. The van der Waals surface area contributed by atoms with Crippen molar-refractivity contribution in [3.8, 4) is 0 Å². The molecular weight excluding hydrogens is 398 g/mol. The summed E-state index contributed by atoms with van der Waals surface area (Å²) in [5.41, 5.74) is 3.37. The van der Waals surface area contributed by atoms with Crippen LogP contribution < -0.4 is 4.90 Å². The van der Waals surface area contributed by atoms with Gasteiger partial charge in [0.1, 0.15) is 0 Å². The van der Waals surface area contributed by atoms with Gasteiger partial charge in [-0.2, -0.15) is 0 Å². The third kappa shape index (κ3) is 4.06. The fraction of sp³-hybridized carbons (Fsp3) is 0.130. The van der Waals surface area contributed by atoms with Gasteiger partial charge in [0.25, 0.3) is 11.6 Å². The Morgan fingerprint density at radius 3 is 2.43 bits per heavy atom. The molecule has 7 heteroatoms. The molecule has 0 atom stereocenters. The molecule has 0 N–H and O–H groups in total. The molecule has 0 radical (unpaired) electrons. The Morgan fingerprint density at radius 1 is 1.03 bits per heavy atom. The Hall–Kier alpha value is -3.58. The lowest BCUT2D eigenvalue weighted by Gasteiger charge is -2.20. The number of aromatic nitrogens is 1. The number of amides is 1. The zero-order valence-electron chi connectivity index (χ0n) is 16.3. The zero-order chi connectivity index (χ0) is 21.1. The number of nitro groups is 1. The monoisotopic (exact) mass is 417 g/mol. The first-order valence-corrected chi connectivity index (χ1v) is 10.4.